The van der Waals surface area contributed by atoms with E-state index in [0.29, 0.717) is 13.1 Å². The maximum atomic E-state index is 9.84. The fourth-order valence-electron chi connectivity index (χ4n) is 5.26. The third-order valence-electron chi connectivity index (χ3n) is 7.18. The highest BCUT2D eigenvalue weighted by Crippen LogP contribution is 2.25. The van der Waals surface area contributed by atoms with E-state index in [-0.39, 0.29) is 12.6 Å². The highest BCUT2D eigenvalue weighted by Gasteiger charge is 2.20. The van der Waals surface area contributed by atoms with Crippen LogP contribution in [0.15, 0.2) is 43.0 Å². The second kappa shape index (κ2) is 14.2. The van der Waals surface area contributed by atoms with E-state index in [1.807, 2.05) is 12.4 Å². The fraction of sp³-hybridized carbons (Fsp3) is 0.552. The Morgan fingerprint density at radius 3 is 2.45 bits per heavy atom. The van der Waals surface area contributed by atoms with Crippen molar-refractivity contribution in [2.24, 2.45) is 0 Å². The van der Waals surface area contributed by atoms with E-state index < -0.39 is 0 Å². The van der Waals surface area contributed by atoms with Gasteiger partial charge in [-0.25, -0.2) is 15.0 Å². The van der Waals surface area contributed by atoms with E-state index in [4.69, 9.17) is 4.98 Å². The molecule has 0 amide bonds. The summed E-state index contributed by atoms with van der Waals surface area (Å²) in [5.41, 5.74) is 3.28. The molecule has 4 aromatic rings. The number of hydrogen-bond acceptors (Lipinski definition) is 6. The smallest absolute Gasteiger partial charge is 0.123 e. The maximum Gasteiger partial charge on any atom is 0.123 e. The molecule has 4 rings (SSSR count). The highest BCUT2D eigenvalue weighted by atomic mass is 16.3. The van der Waals surface area contributed by atoms with Crippen molar-refractivity contribution in [1.82, 2.24) is 39.3 Å². The molecule has 0 saturated carbocycles. The van der Waals surface area contributed by atoms with Gasteiger partial charge in [-0.2, -0.15) is 0 Å². The van der Waals surface area contributed by atoms with Crippen LogP contribution >= 0.6 is 0 Å². The molecule has 0 aliphatic heterocycles. The average Bonchev–Trinajstić information content (AvgIpc) is 3.69. The van der Waals surface area contributed by atoms with Crippen LogP contribution in [0.4, 0.5) is 0 Å². The minimum Gasteiger partial charge on any atom is -0.395 e. The number of benzene rings is 1. The number of aromatic amines is 2. The summed E-state index contributed by atoms with van der Waals surface area (Å²) in [6.07, 6.45) is 12.9. The zero-order valence-corrected chi connectivity index (χ0v) is 23.2. The van der Waals surface area contributed by atoms with Gasteiger partial charge in [0.1, 0.15) is 17.5 Å². The second-order valence-corrected chi connectivity index (χ2v) is 10.1. The standard InChI is InChI=1S/C29H44N8O/c1-4-15-35(16-5-2)17-7-6-8-28-34-25-10-9-24(20-26(25)37(28)18-19-38)21-36(22-27-30-11-12-31-27)23(3)29-32-13-14-33-29/h9-14,20,23,38H,4-8,15-19,21-22H2,1-3H3,(H,30,31)(H,32,33). The SMILES string of the molecule is CCCN(CCC)CCCCc1nc2ccc(CN(Cc3ncc[nH]3)C(C)c3ncc[nH]3)cc2n1CCO. The van der Waals surface area contributed by atoms with Gasteiger partial charge in [0.2, 0.25) is 0 Å². The van der Waals surface area contributed by atoms with Crippen molar-refractivity contribution in [3.8, 4) is 0 Å². The van der Waals surface area contributed by atoms with Gasteiger partial charge in [0.15, 0.2) is 0 Å². The van der Waals surface area contributed by atoms with E-state index in [2.05, 4.69) is 73.3 Å². The number of unbranched alkanes of at least 4 members (excludes halogenated alkanes) is 1. The van der Waals surface area contributed by atoms with Crippen molar-refractivity contribution in [2.45, 2.75) is 78.6 Å². The summed E-state index contributed by atoms with van der Waals surface area (Å²) in [5, 5.41) is 9.84. The van der Waals surface area contributed by atoms with Gasteiger partial charge < -0.3 is 24.5 Å². The van der Waals surface area contributed by atoms with E-state index >= 15 is 0 Å². The Balaban J connectivity index is 1.49. The van der Waals surface area contributed by atoms with Crippen molar-refractivity contribution < 1.29 is 5.11 Å². The summed E-state index contributed by atoms with van der Waals surface area (Å²) in [5.74, 6) is 2.93. The molecule has 9 nitrogen and oxygen atoms in total. The highest BCUT2D eigenvalue weighted by molar-refractivity contribution is 5.77. The Bertz CT molecular complexity index is 1200. The monoisotopic (exact) mass is 520 g/mol. The summed E-state index contributed by atoms with van der Waals surface area (Å²) in [4.78, 5) is 25.3. The predicted molar refractivity (Wildman–Crippen MR) is 152 cm³/mol. The number of aryl methyl sites for hydroxylation is 1. The molecule has 0 fully saturated rings. The van der Waals surface area contributed by atoms with Crippen LogP contribution in [0.3, 0.4) is 0 Å². The molecule has 3 heterocycles. The molecule has 0 saturated heterocycles. The molecule has 9 heteroatoms. The first-order valence-corrected chi connectivity index (χ1v) is 14.2. The van der Waals surface area contributed by atoms with Crippen LogP contribution < -0.4 is 0 Å². The molecule has 1 atom stereocenters. The maximum absolute atomic E-state index is 9.84. The summed E-state index contributed by atoms with van der Waals surface area (Å²) in [7, 11) is 0. The molecular formula is C29H44N8O. The Labute approximate surface area is 226 Å². The molecule has 0 aliphatic carbocycles. The zero-order chi connectivity index (χ0) is 26.7. The number of aliphatic hydroxyl groups excluding tert-OH is 1. The van der Waals surface area contributed by atoms with Crippen molar-refractivity contribution in [3.05, 3.63) is 66.0 Å². The van der Waals surface area contributed by atoms with E-state index in [9.17, 15) is 5.11 Å². The van der Waals surface area contributed by atoms with Crippen LogP contribution in [0.5, 0.6) is 0 Å². The summed E-state index contributed by atoms with van der Waals surface area (Å²) in [6, 6.07) is 6.60. The lowest BCUT2D eigenvalue weighted by Gasteiger charge is -2.27. The van der Waals surface area contributed by atoms with Gasteiger partial charge in [0.05, 0.1) is 30.2 Å². The van der Waals surface area contributed by atoms with E-state index in [0.717, 1.165) is 54.4 Å². The molecule has 1 unspecified atom stereocenters. The fourth-order valence-corrected chi connectivity index (χ4v) is 5.26. The average molecular weight is 521 g/mol. The number of H-pyrrole nitrogens is 2. The van der Waals surface area contributed by atoms with Gasteiger partial charge in [-0.3, -0.25) is 4.90 Å². The van der Waals surface area contributed by atoms with E-state index in [1.165, 1.54) is 37.9 Å². The third kappa shape index (κ3) is 7.30. The van der Waals surface area contributed by atoms with Gasteiger partial charge in [-0.05, 0) is 69.9 Å². The van der Waals surface area contributed by atoms with Crippen molar-refractivity contribution in [3.63, 3.8) is 0 Å². The molecule has 1 aromatic carbocycles. The third-order valence-corrected chi connectivity index (χ3v) is 7.18. The largest absolute Gasteiger partial charge is 0.395 e. The quantitative estimate of drug-likeness (QED) is 0.175. The molecule has 0 aliphatic rings. The normalized spacial score (nSPS) is 12.8. The van der Waals surface area contributed by atoms with Crippen molar-refractivity contribution in [1.29, 1.82) is 0 Å². The van der Waals surface area contributed by atoms with Gasteiger partial charge in [-0.1, -0.05) is 19.9 Å². The lowest BCUT2D eigenvalue weighted by molar-refractivity contribution is 0.181. The Hall–Kier alpha value is -3.01. The molecule has 0 spiro atoms. The number of aliphatic hydroxyl groups is 1. The summed E-state index contributed by atoms with van der Waals surface area (Å²) in [6.45, 7) is 12.2. The number of fused-ring (bicyclic) bond motifs is 1. The van der Waals surface area contributed by atoms with Gasteiger partial charge in [0, 0.05) is 44.3 Å². The topological polar surface area (TPSA) is 102 Å². The van der Waals surface area contributed by atoms with Crippen molar-refractivity contribution >= 4 is 11.0 Å². The van der Waals surface area contributed by atoms with Gasteiger partial charge >= 0.3 is 0 Å². The van der Waals surface area contributed by atoms with Crippen LogP contribution in [-0.4, -0.2) is 70.6 Å². The number of hydrogen-bond donors (Lipinski definition) is 3. The minimum absolute atomic E-state index is 0.0868. The van der Waals surface area contributed by atoms with Gasteiger partial charge in [0.25, 0.3) is 0 Å². The summed E-state index contributed by atoms with van der Waals surface area (Å²) >= 11 is 0. The van der Waals surface area contributed by atoms with Crippen LogP contribution in [0.1, 0.15) is 75.5 Å². The minimum atomic E-state index is 0.0868. The van der Waals surface area contributed by atoms with Crippen molar-refractivity contribution in [2.75, 3.05) is 26.2 Å². The molecule has 3 aromatic heterocycles. The van der Waals surface area contributed by atoms with Gasteiger partial charge in [-0.15, -0.1) is 0 Å². The number of nitrogens with one attached hydrogen (secondary N) is 2. The van der Waals surface area contributed by atoms with Crippen LogP contribution in [0.2, 0.25) is 0 Å². The molecule has 3 N–H and O–H groups in total. The Morgan fingerprint density at radius 2 is 1.76 bits per heavy atom. The number of nitrogens with zero attached hydrogens (tertiary/aromatic N) is 6. The lowest BCUT2D eigenvalue weighted by Crippen LogP contribution is -2.27. The first kappa shape index (κ1) is 28.0. The zero-order valence-electron chi connectivity index (χ0n) is 23.2. The lowest BCUT2D eigenvalue weighted by atomic mass is 10.1. The van der Waals surface area contributed by atoms with Crippen LogP contribution in [-0.2, 0) is 26.1 Å². The molecule has 0 bridgehead atoms. The first-order valence-electron chi connectivity index (χ1n) is 14.2. The number of aromatic nitrogens is 6. The first-order chi connectivity index (χ1) is 18.6. The molecule has 0 radical (unpaired) electrons. The number of imidazole rings is 3. The molecular weight excluding hydrogens is 476 g/mol. The van der Waals surface area contributed by atoms with E-state index in [1.54, 1.807) is 12.4 Å². The Kier molecular flexibility index (Phi) is 10.5. The molecule has 38 heavy (non-hydrogen) atoms. The second-order valence-electron chi connectivity index (χ2n) is 10.1. The number of rotatable bonds is 17. The van der Waals surface area contributed by atoms with Crippen LogP contribution in [0, 0.1) is 0 Å². The van der Waals surface area contributed by atoms with Crippen LogP contribution in [0.25, 0.3) is 11.0 Å². The molecule has 206 valence electrons. The predicted octanol–water partition coefficient (Wildman–Crippen LogP) is 4.68. The Morgan fingerprint density at radius 1 is 0.974 bits per heavy atom. The summed E-state index contributed by atoms with van der Waals surface area (Å²) < 4.78 is 2.21.